The van der Waals surface area contributed by atoms with Crippen molar-refractivity contribution in [3.05, 3.63) is 76.0 Å². The number of halogens is 1. The van der Waals surface area contributed by atoms with Gasteiger partial charge in [0.25, 0.3) is 5.91 Å². The van der Waals surface area contributed by atoms with E-state index in [9.17, 15) is 14.0 Å². The summed E-state index contributed by atoms with van der Waals surface area (Å²) < 4.78 is 14.9. The molecule has 1 aliphatic heterocycles. The molecule has 0 atom stereocenters. The summed E-state index contributed by atoms with van der Waals surface area (Å²) in [5.41, 5.74) is 2.95. The highest BCUT2D eigenvalue weighted by atomic mass is 32.1. The molecule has 1 aliphatic rings. The molecule has 3 heterocycles. The van der Waals surface area contributed by atoms with Crippen molar-refractivity contribution in [3.63, 3.8) is 0 Å². The molecule has 0 aliphatic carbocycles. The Labute approximate surface area is 200 Å². The number of nitrogens with one attached hydrogen (secondary N) is 1. The normalized spacial score (nSPS) is 14.5. The molecule has 2 aromatic carbocycles. The number of fused-ring (bicyclic) bond motifs is 1. The maximum Gasteiger partial charge on any atom is 0.277 e. The highest BCUT2D eigenvalue weighted by Crippen LogP contribution is 2.31. The number of anilines is 1. The number of carbonyl (C=O) groups excluding carboxylic acids is 2. The molecule has 0 unspecified atom stereocenters. The summed E-state index contributed by atoms with van der Waals surface area (Å²) in [7, 11) is 1.86. The third kappa shape index (κ3) is 4.56. The number of aryl methyl sites for hydroxylation is 1. The third-order valence-corrected chi connectivity index (χ3v) is 7.24. The second-order valence-electron chi connectivity index (χ2n) is 8.47. The minimum atomic E-state index is -0.304. The van der Waals surface area contributed by atoms with Gasteiger partial charge in [-0.1, -0.05) is 24.3 Å². The average Bonchev–Trinajstić information content (AvgIpc) is 3.46. The lowest BCUT2D eigenvalue weighted by Crippen LogP contribution is -2.38. The van der Waals surface area contributed by atoms with E-state index in [1.807, 2.05) is 40.8 Å². The Balaban J connectivity index is 1.18. The number of rotatable bonds is 5. The number of nitrogens with zero attached hydrogens (tertiary/aromatic N) is 4. The fourth-order valence-corrected chi connectivity index (χ4v) is 5.24. The quantitative estimate of drug-likeness (QED) is 0.463. The zero-order chi connectivity index (χ0) is 23.7. The van der Waals surface area contributed by atoms with Crippen molar-refractivity contribution in [2.45, 2.75) is 25.2 Å². The maximum absolute atomic E-state index is 13.1. The molecule has 0 spiro atoms. The van der Waals surface area contributed by atoms with Crippen LogP contribution in [0.2, 0.25) is 0 Å². The van der Waals surface area contributed by atoms with Crippen LogP contribution in [0.15, 0.2) is 53.9 Å². The maximum atomic E-state index is 13.1. The van der Waals surface area contributed by atoms with Crippen molar-refractivity contribution in [1.82, 2.24) is 19.4 Å². The summed E-state index contributed by atoms with van der Waals surface area (Å²) in [6.45, 7) is 1.29. The van der Waals surface area contributed by atoms with E-state index in [2.05, 4.69) is 15.3 Å². The molecule has 7 nitrogen and oxygen atoms in total. The number of aromatic nitrogens is 3. The van der Waals surface area contributed by atoms with Gasteiger partial charge in [-0.25, -0.2) is 14.4 Å². The second-order valence-corrected chi connectivity index (χ2v) is 9.36. The Hall–Kier alpha value is -3.59. The van der Waals surface area contributed by atoms with Crippen molar-refractivity contribution >= 4 is 40.1 Å². The van der Waals surface area contributed by atoms with Crippen molar-refractivity contribution in [2.75, 3.05) is 18.4 Å². The molecule has 2 amide bonds. The number of amides is 2. The van der Waals surface area contributed by atoms with E-state index in [0.29, 0.717) is 24.7 Å². The van der Waals surface area contributed by atoms with Crippen LogP contribution in [0.5, 0.6) is 0 Å². The van der Waals surface area contributed by atoms with Crippen LogP contribution in [0.3, 0.4) is 0 Å². The number of hydrogen-bond donors (Lipinski definition) is 1. The predicted octanol–water partition coefficient (Wildman–Crippen LogP) is 4.37. The van der Waals surface area contributed by atoms with E-state index in [1.54, 1.807) is 17.5 Å². The van der Waals surface area contributed by atoms with Gasteiger partial charge in [0.2, 0.25) is 11.9 Å². The topological polar surface area (TPSA) is 80.1 Å². The predicted molar refractivity (Wildman–Crippen MR) is 129 cm³/mol. The van der Waals surface area contributed by atoms with Gasteiger partial charge in [-0.05, 0) is 42.7 Å². The summed E-state index contributed by atoms with van der Waals surface area (Å²) in [5, 5.41) is 5.56. The molecule has 5 rings (SSSR count). The van der Waals surface area contributed by atoms with Gasteiger partial charge in [0.15, 0.2) is 0 Å². The SMILES string of the molecule is Cn1c(NC(=O)c2csc(C3CCN(C(=O)Cc4ccc(F)cc4)CC3)n2)nc2ccccc21. The Morgan fingerprint density at radius 2 is 1.82 bits per heavy atom. The lowest BCUT2D eigenvalue weighted by Gasteiger charge is -2.31. The van der Waals surface area contributed by atoms with E-state index in [0.717, 1.165) is 34.4 Å². The lowest BCUT2D eigenvalue weighted by molar-refractivity contribution is -0.131. The van der Waals surface area contributed by atoms with Crippen LogP contribution in [0.25, 0.3) is 11.0 Å². The molecule has 0 bridgehead atoms. The third-order valence-electron chi connectivity index (χ3n) is 6.23. The van der Waals surface area contributed by atoms with E-state index in [4.69, 9.17) is 0 Å². The first kappa shape index (κ1) is 22.2. The second kappa shape index (κ2) is 9.34. The number of para-hydroxylation sites is 2. The first-order valence-electron chi connectivity index (χ1n) is 11.2. The van der Waals surface area contributed by atoms with Crippen LogP contribution in [-0.2, 0) is 18.3 Å². The summed E-state index contributed by atoms with van der Waals surface area (Å²) in [4.78, 5) is 36.3. The van der Waals surface area contributed by atoms with Crippen LogP contribution in [0.4, 0.5) is 10.3 Å². The fourth-order valence-electron chi connectivity index (χ4n) is 4.27. The number of imidazole rings is 1. The largest absolute Gasteiger partial charge is 0.342 e. The molecule has 1 N–H and O–H groups in total. The van der Waals surface area contributed by atoms with Crippen LogP contribution in [0, 0.1) is 5.82 Å². The molecule has 174 valence electrons. The van der Waals surface area contributed by atoms with Gasteiger partial charge in [-0.3, -0.25) is 14.9 Å². The number of hydrogen-bond acceptors (Lipinski definition) is 5. The zero-order valence-electron chi connectivity index (χ0n) is 18.7. The molecule has 4 aromatic rings. The summed E-state index contributed by atoms with van der Waals surface area (Å²) in [6.07, 6.45) is 1.87. The minimum Gasteiger partial charge on any atom is -0.342 e. The van der Waals surface area contributed by atoms with Crippen LogP contribution in [-0.4, -0.2) is 44.3 Å². The van der Waals surface area contributed by atoms with E-state index in [-0.39, 0.29) is 30.0 Å². The molecule has 2 aromatic heterocycles. The molecular weight excluding hydrogens is 453 g/mol. The van der Waals surface area contributed by atoms with Gasteiger partial charge >= 0.3 is 0 Å². The molecule has 1 saturated heterocycles. The monoisotopic (exact) mass is 477 g/mol. The first-order chi connectivity index (χ1) is 16.5. The van der Waals surface area contributed by atoms with Crippen LogP contribution < -0.4 is 5.32 Å². The summed E-state index contributed by atoms with van der Waals surface area (Å²) in [6, 6.07) is 13.8. The number of benzene rings is 2. The molecule has 9 heteroatoms. The van der Waals surface area contributed by atoms with Gasteiger partial charge in [0.05, 0.1) is 22.5 Å². The number of thiazole rings is 1. The van der Waals surface area contributed by atoms with Crippen molar-refractivity contribution in [1.29, 1.82) is 0 Å². The van der Waals surface area contributed by atoms with Gasteiger partial charge in [0.1, 0.15) is 11.5 Å². The minimum absolute atomic E-state index is 0.0479. The fraction of sp³-hybridized carbons (Fsp3) is 0.280. The molecular formula is C25H24FN5O2S. The standard InChI is InChI=1S/C25H24FN5O2S/c1-30-21-5-3-2-4-19(21)28-25(30)29-23(33)20-15-34-24(27-20)17-10-12-31(13-11-17)22(32)14-16-6-8-18(26)9-7-16/h2-9,15,17H,10-14H2,1H3,(H,28,29,33). The highest BCUT2D eigenvalue weighted by molar-refractivity contribution is 7.10. The Kier molecular flexibility index (Phi) is 6.10. The van der Waals surface area contributed by atoms with Gasteiger partial charge in [-0.15, -0.1) is 11.3 Å². The summed E-state index contributed by atoms with van der Waals surface area (Å²) in [5.74, 6) is 0.160. The molecule has 1 fully saturated rings. The zero-order valence-corrected chi connectivity index (χ0v) is 19.5. The average molecular weight is 478 g/mol. The summed E-state index contributed by atoms with van der Waals surface area (Å²) >= 11 is 1.48. The van der Waals surface area contributed by atoms with Crippen molar-refractivity contribution in [2.24, 2.45) is 7.05 Å². The van der Waals surface area contributed by atoms with Crippen molar-refractivity contribution < 1.29 is 14.0 Å². The number of likely N-dealkylation sites (tertiary alicyclic amines) is 1. The van der Waals surface area contributed by atoms with Gasteiger partial charge in [0, 0.05) is 31.4 Å². The van der Waals surface area contributed by atoms with Crippen LogP contribution in [0.1, 0.15) is 39.8 Å². The van der Waals surface area contributed by atoms with Crippen LogP contribution >= 0.6 is 11.3 Å². The number of carbonyl (C=O) groups is 2. The van der Waals surface area contributed by atoms with E-state index >= 15 is 0 Å². The Bertz CT molecular complexity index is 1340. The molecule has 0 radical (unpaired) electrons. The lowest BCUT2D eigenvalue weighted by atomic mass is 9.97. The number of piperidine rings is 1. The van der Waals surface area contributed by atoms with E-state index in [1.165, 1.54) is 23.5 Å². The smallest absolute Gasteiger partial charge is 0.277 e. The van der Waals surface area contributed by atoms with Crippen molar-refractivity contribution in [3.8, 4) is 0 Å². The Morgan fingerprint density at radius 1 is 1.09 bits per heavy atom. The first-order valence-corrected chi connectivity index (χ1v) is 12.1. The van der Waals surface area contributed by atoms with E-state index < -0.39 is 0 Å². The van der Waals surface area contributed by atoms with Gasteiger partial charge < -0.3 is 9.47 Å². The van der Waals surface area contributed by atoms with Gasteiger partial charge in [-0.2, -0.15) is 0 Å². The Morgan fingerprint density at radius 3 is 2.56 bits per heavy atom. The molecule has 34 heavy (non-hydrogen) atoms. The highest BCUT2D eigenvalue weighted by Gasteiger charge is 2.26. The molecule has 0 saturated carbocycles.